The van der Waals surface area contributed by atoms with Crippen molar-refractivity contribution in [2.75, 3.05) is 6.54 Å². The van der Waals surface area contributed by atoms with Crippen LogP contribution in [-0.4, -0.2) is 12.6 Å². The second kappa shape index (κ2) is 6.24. The fourth-order valence-corrected chi connectivity index (χ4v) is 1.65. The Morgan fingerprint density at radius 2 is 2.33 bits per heavy atom. The lowest BCUT2D eigenvalue weighted by atomic mass is 10.1. The summed E-state index contributed by atoms with van der Waals surface area (Å²) in [4.78, 5) is 0. The third-order valence-electron chi connectivity index (χ3n) is 2.44. The molecular formula is C11H21N. The van der Waals surface area contributed by atoms with Crippen LogP contribution in [-0.2, 0) is 0 Å². The topological polar surface area (TPSA) is 12.0 Å². The molecule has 1 heteroatoms. The molecule has 0 radical (unpaired) electrons. The summed E-state index contributed by atoms with van der Waals surface area (Å²) in [7, 11) is 0. The third kappa shape index (κ3) is 3.91. The van der Waals surface area contributed by atoms with E-state index in [1.54, 1.807) is 0 Å². The Bertz CT molecular complexity index is 129. The molecule has 0 unspecified atom stereocenters. The number of hydrogen-bond donors (Lipinski definition) is 1. The van der Waals surface area contributed by atoms with E-state index in [2.05, 4.69) is 24.4 Å². The smallest absolute Gasteiger partial charge is 0.0249 e. The maximum absolute atomic E-state index is 3.55. The molecule has 0 aliphatic carbocycles. The summed E-state index contributed by atoms with van der Waals surface area (Å²) in [5.74, 6) is 0. The lowest BCUT2D eigenvalue weighted by molar-refractivity contribution is 0.527. The van der Waals surface area contributed by atoms with E-state index in [4.69, 9.17) is 0 Å². The lowest BCUT2D eigenvalue weighted by Gasteiger charge is -2.11. The van der Waals surface area contributed by atoms with E-state index in [0.29, 0.717) is 6.04 Å². The fourth-order valence-electron chi connectivity index (χ4n) is 1.65. The normalized spacial score (nSPS) is 23.9. The van der Waals surface area contributed by atoms with Gasteiger partial charge in [-0.2, -0.15) is 0 Å². The number of hydrogen-bond acceptors (Lipinski definition) is 1. The molecule has 1 nitrogen and oxygen atoms in total. The van der Waals surface area contributed by atoms with Gasteiger partial charge in [-0.25, -0.2) is 0 Å². The first-order valence-corrected chi connectivity index (χ1v) is 5.33. The summed E-state index contributed by atoms with van der Waals surface area (Å²) in [6.07, 6.45) is 12.7. The first kappa shape index (κ1) is 9.79. The SMILES string of the molecule is CCCCC[C@H]1C=CCCCN1. The molecule has 1 N–H and O–H groups in total. The molecule has 0 aromatic heterocycles. The summed E-state index contributed by atoms with van der Waals surface area (Å²) in [6, 6.07) is 0.666. The van der Waals surface area contributed by atoms with Gasteiger partial charge in [-0.3, -0.25) is 0 Å². The van der Waals surface area contributed by atoms with E-state index >= 15 is 0 Å². The van der Waals surface area contributed by atoms with Crippen molar-refractivity contribution in [1.82, 2.24) is 5.32 Å². The van der Waals surface area contributed by atoms with Gasteiger partial charge in [-0.1, -0.05) is 38.3 Å². The maximum Gasteiger partial charge on any atom is 0.0249 e. The van der Waals surface area contributed by atoms with Crippen LogP contribution < -0.4 is 5.32 Å². The number of rotatable bonds is 4. The van der Waals surface area contributed by atoms with Crippen molar-refractivity contribution in [1.29, 1.82) is 0 Å². The van der Waals surface area contributed by atoms with Crippen molar-refractivity contribution in [3.63, 3.8) is 0 Å². The summed E-state index contributed by atoms with van der Waals surface area (Å²) >= 11 is 0. The van der Waals surface area contributed by atoms with Crippen molar-refractivity contribution in [2.24, 2.45) is 0 Å². The van der Waals surface area contributed by atoms with Gasteiger partial charge in [0.2, 0.25) is 0 Å². The molecule has 0 amide bonds. The number of nitrogens with one attached hydrogen (secondary N) is 1. The van der Waals surface area contributed by atoms with E-state index in [-0.39, 0.29) is 0 Å². The van der Waals surface area contributed by atoms with Crippen molar-refractivity contribution < 1.29 is 0 Å². The van der Waals surface area contributed by atoms with Crippen molar-refractivity contribution in [2.45, 2.75) is 51.5 Å². The molecule has 1 aliphatic heterocycles. The van der Waals surface area contributed by atoms with Crippen LogP contribution in [0.1, 0.15) is 45.4 Å². The highest BCUT2D eigenvalue weighted by Gasteiger charge is 2.04. The van der Waals surface area contributed by atoms with Crippen LogP contribution in [0.4, 0.5) is 0 Å². The standard InChI is InChI=1S/C11H21N/c1-2-3-5-8-11-9-6-4-7-10-12-11/h6,9,11-12H,2-5,7-8,10H2,1H3/t11-/m0/s1. The van der Waals surface area contributed by atoms with Crippen molar-refractivity contribution in [3.8, 4) is 0 Å². The first-order valence-electron chi connectivity index (χ1n) is 5.33. The molecule has 0 saturated carbocycles. The molecule has 70 valence electrons. The minimum absolute atomic E-state index is 0.666. The molecule has 1 rings (SSSR count). The molecule has 0 fully saturated rings. The van der Waals surface area contributed by atoms with Crippen LogP contribution in [0.5, 0.6) is 0 Å². The van der Waals surface area contributed by atoms with E-state index in [9.17, 15) is 0 Å². The van der Waals surface area contributed by atoms with Gasteiger partial charge in [0.05, 0.1) is 0 Å². The third-order valence-corrected chi connectivity index (χ3v) is 2.44. The van der Waals surface area contributed by atoms with Crippen LogP contribution in [0.15, 0.2) is 12.2 Å². The predicted molar refractivity (Wildman–Crippen MR) is 54.3 cm³/mol. The molecule has 0 spiro atoms. The van der Waals surface area contributed by atoms with Crippen LogP contribution in [0.2, 0.25) is 0 Å². The predicted octanol–water partition coefficient (Wildman–Crippen LogP) is 2.87. The molecule has 1 aliphatic rings. The monoisotopic (exact) mass is 167 g/mol. The zero-order valence-electron chi connectivity index (χ0n) is 8.18. The molecule has 0 aromatic rings. The average molecular weight is 167 g/mol. The van der Waals surface area contributed by atoms with Crippen LogP contribution in [0, 0.1) is 0 Å². The van der Waals surface area contributed by atoms with Gasteiger partial charge in [0, 0.05) is 6.04 Å². The second-order valence-electron chi connectivity index (χ2n) is 3.63. The Hall–Kier alpha value is -0.300. The van der Waals surface area contributed by atoms with Gasteiger partial charge in [0.15, 0.2) is 0 Å². The zero-order chi connectivity index (χ0) is 8.65. The minimum atomic E-state index is 0.666. The van der Waals surface area contributed by atoms with Gasteiger partial charge in [0.25, 0.3) is 0 Å². The van der Waals surface area contributed by atoms with E-state index in [0.717, 1.165) is 0 Å². The van der Waals surface area contributed by atoms with Gasteiger partial charge < -0.3 is 5.32 Å². The highest BCUT2D eigenvalue weighted by molar-refractivity contribution is 4.95. The minimum Gasteiger partial charge on any atom is -0.311 e. The van der Waals surface area contributed by atoms with Gasteiger partial charge >= 0.3 is 0 Å². The molecule has 1 atom stereocenters. The Labute approximate surface area is 76.2 Å². The lowest BCUT2D eigenvalue weighted by Crippen LogP contribution is -2.26. The molecular weight excluding hydrogens is 146 g/mol. The van der Waals surface area contributed by atoms with E-state index in [1.807, 2.05) is 0 Å². The van der Waals surface area contributed by atoms with Crippen molar-refractivity contribution >= 4 is 0 Å². The molecule has 0 aromatic carbocycles. The van der Waals surface area contributed by atoms with Gasteiger partial charge in [0.1, 0.15) is 0 Å². The average Bonchev–Trinajstić information content (AvgIpc) is 2.33. The summed E-state index contributed by atoms with van der Waals surface area (Å²) in [5.41, 5.74) is 0. The largest absolute Gasteiger partial charge is 0.311 e. The van der Waals surface area contributed by atoms with E-state index in [1.165, 1.54) is 45.1 Å². The van der Waals surface area contributed by atoms with Crippen LogP contribution in [0.25, 0.3) is 0 Å². The highest BCUT2D eigenvalue weighted by atomic mass is 14.9. The molecule has 0 bridgehead atoms. The Kier molecular flexibility index (Phi) is 5.09. The quantitative estimate of drug-likeness (QED) is 0.501. The molecule has 1 heterocycles. The number of unbranched alkanes of at least 4 members (excludes halogenated alkanes) is 2. The summed E-state index contributed by atoms with van der Waals surface area (Å²) in [6.45, 7) is 3.46. The zero-order valence-corrected chi connectivity index (χ0v) is 8.18. The molecule has 12 heavy (non-hydrogen) atoms. The van der Waals surface area contributed by atoms with Crippen molar-refractivity contribution in [3.05, 3.63) is 12.2 Å². The van der Waals surface area contributed by atoms with Crippen LogP contribution >= 0.6 is 0 Å². The highest BCUT2D eigenvalue weighted by Crippen LogP contribution is 2.07. The van der Waals surface area contributed by atoms with Gasteiger partial charge in [-0.05, 0) is 25.8 Å². The summed E-state index contributed by atoms with van der Waals surface area (Å²) < 4.78 is 0. The molecule has 0 saturated heterocycles. The fraction of sp³-hybridized carbons (Fsp3) is 0.818. The van der Waals surface area contributed by atoms with Gasteiger partial charge in [-0.15, -0.1) is 0 Å². The Morgan fingerprint density at radius 1 is 1.42 bits per heavy atom. The van der Waals surface area contributed by atoms with E-state index < -0.39 is 0 Å². The first-order chi connectivity index (χ1) is 5.93. The Balaban J connectivity index is 2.12. The van der Waals surface area contributed by atoms with Crippen LogP contribution in [0.3, 0.4) is 0 Å². The number of allylic oxidation sites excluding steroid dienone is 1. The second-order valence-corrected chi connectivity index (χ2v) is 3.63. The maximum atomic E-state index is 3.55. The summed E-state index contributed by atoms with van der Waals surface area (Å²) in [5, 5.41) is 3.55. The Morgan fingerprint density at radius 3 is 3.17 bits per heavy atom.